The Hall–Kier alpha value is -1.39. The van der Waals surface area contributed by atoms with E-state index < -0.39 is 11.7 Å². The van der Waals surface area contributed by atoms with Gasteiger partial charge in [0, 0.05) is 6.54 Å². The molecule has 1 aliphatic rings. The van der Waals surface area contributed by atoms with Gasteiger partial charge in [-0.25, -0.2) is 0 Å². The van der Waals surface area contributed by atoms with Crippen LogP contribution in [0.15, 0.2) is 24.3 Å². The smallest absolute Gasteiger partial charge is 0.222 e. The van der Waals surface area contributed by atoms with Crippen molar-refractivity contribution in [3.05, 3.63) is 35.4 Å². The average molecular weight is 277 g/mol. The number of hydrogen-bond acceptors (Lipinski definition) is 3. The van der Waals surface area contributed by atoms with Gasteiger partial charge >= 0.3 is 0 Å². The molecule has 1 saturated carbocycles. The second kappa shape index (κ2) is 6.37. The monoisotopic (exact) mass is 277 g/mol. The molecule has 110 valence electrons. The Balaban J connectivity index is 1.83. The molecule has 3 N–H and O–H groups in total. The Labute approximate surface area is 119 Å². The van der Waals surface area contributed by atoms with E-state index in [0.29, 0.717) is 12.8 Å². The SMILES string of the molecule is Cc1ccccc1[C@@H](O)CNC(=O)CC1(O)CCCC1. The number of aliphatic hydroxyl groups is 2. The molecule has 1 aliphatic carbocycles. The van der Waals surface area contributed by atoms with Gasteiger partial charge in [0.2, 0.25) is 5.91 Å². The molecule has 1 aromatic rings. The van der Waals surface area contributed by atoms with Crippen molar-refractivity contribution < 1.29 is 15.0 Å². The topological polar surface area (TPSA) is 69.6 Å². The van der Waals surface area contributed by atoms with E-state index in [4.69, 9.17) is 0 Å². The highest BCUT2D eigenvalue weighted by atomic mass is 16.3. The molecule has 4 heteroatoms. The first-order valence-corrected chi connectivity index (χ1v) is 7.23. The van der Waals surface area contributed by atoms with Gasteiger partial charge < -0.3 is 15.5 Å². The maximum atomic E-state index is 11.8. The van der Waals surface area contributed by atoms with Crippen molar-refractivity contribution >= 4 is 5.91 Å². The van der Waals surface area contributed by atoms with Crippen LogP contribution in [0.2, 0.25) is 0 Å². The number of carbonyl (C=O) groups excluding carboxylic acids is 1. The molecule has 1 atom stereocenters. The van der Waals surface area contributed by atoms with Crippen molar-refractivity contribution in [1.29, 1.82) is 0 Å². The zero-order valence-electron chi connectivity index (χ0n) is 11.9. The summed E-state index contributed by atoms with van der Waals surface area (Å²) in [6, 6.07) is 7.58. The van der Waals surface area contributed by atoms with Crippen molar-refractivity contribution in [1.82, 2.24) is 5.32 Å². The van der Waals surface area contributed by atoms with Gasteiger partial charge in [0.1, 0.15) is 0 Å². The Morgan fingerprint density at radius 2 is 2.00 bits per heavy atom. The van der Waals surface area contributed by atoms with Gasteiger partial charge in [-0.05, 0) is 30.9 Å². The van der Waals surface area contributed by atoms with Crippen LogP contribution in [0, 0.1) is 6.92 Å². The predicted octanol–water partition coefficient (Wildman–Crippen LogP) is 1.84. The molecule has 0 radical (unpaired) electrons. The third kappa shape index (κ3) is 3.81. The number of nitrogens with one attached hydrogen (secondary N) is 1. The minimum Gasteiger partial charge on any atom is -0.389 e. The second-order valence-corrected chi connectivity index (χ2v) is 5.78. The summed E-state index contributed by atoms with van der Waals surface area (Å²) in [5.74, 6) is -0.193. The summed E-state index contributed by atoms with van der Waals surface area (Å²) in [5, 5.41) is 23.0. The summed E-state index contributed by atoms with van der Waals surface area (Å²) in [5.41, 5.74) is 0.994. The van der Waals surface area contributed by atoms with Crippen LogP contribution in [0.25, 0.3) is 0 Å². The molecule has 1 fully saturated rings. The van der Waals surface area contributed by atoms with Crippen LogP contribution in [-0.2, 0) is 4.79 Å². The van der Waals surface area contributed by atoms with E-state index in [1.165, 1.54) is 0 Å². The van der Waals surface area contributed by atoms with Gasteiger partial charge in [0.25, 0.3) is 0 Å². The van der Waals surface area contributed by atoms with Crippen LogP contribution < -0.4 is 5.32 Å². The lowest BCUT2D eigenvalue weighted by atomic mass is 9.97. The molecule has 2 rings (SSSR count). The average Bonchev–Trinajstić information content (AvgIpc) is 2.83. The van der Waals surface area contributed by atoms with Gasteiger partial charge in [0.05, 0.1) is 18.1 Å². The molecule has 0 heterocycles. The predicted molar refractivity (Wildman–Crippen MR) is 77.2 cm³/mol. The number of aryl methyl sites for hydroxylation is 1. The molecule has 0 aliphatic heterocycles. The number of carbonyl (C=O) groups is 1. The van der Waals surface area contributed by atoms with E-state index in [9.17, 15) is 15.0 Å². The summed E-state index contributed by atoms with van der Waals surface area (Å²) in [4.78, 5) is 11.8. The number of benzene rings is 1. The molecule has 20 heavy (non-hydrogen) atoms. The molecule has 4 nitrogen and oxygen atoms in total. The first-order valence-electron chi connectivity index (χ1n) is 7.23. The third-order valence-electron chi connectivity index (χ3n) is 4.06. The number of rotatable bonds is 5. The largest absolute Gasteiger partial charge is 0.389 e. The molecule has 0 spiro atoms. The molecule has 1 aromatic carbocycles. The Kier molecular flexibility index (Phi) is 4.78. The zero-order chi connectivity index (χ0) is 14.6. The maximum absolute atomic E-state index is 11.8. The summed E-state index contributed by atoms with van der Waals surface area (Å²) in [6.45, 7) is 2.11. The highest BCUT2D eigenvalue weighted by Gasteiger charge is 2.33. The fourth-order valence-electron chi connectivity index (χ4n) is 2.85. The normalized spacial score (nSPS) is 18.8. The van der Waals surface area contributed by atoms with Crippen molar-refractivity contribution in [3.63, 3.8) is 0 Å². The summed E-state index contributed by atoms with van der Waals surface area (Å²) < 4.78 is 0. The number of amides is 1. The van der Waals surface area contributed by atoms with Crippen LogP contribution in [0.5, 0.6) is 0 Å². The summed E-state index contributed by atoms with van der Waals surface area (Å²) in [7, 11) is 0. The van der Waals surface area contributed by atoms with E-state index >= 15 is 0 Å². The molecular formula is C16H23NO3. The van der Waals surface area contributed by atoms with Crippen molar-refractivity contribution in [2.75, 3.05) is 6.54 Å². The van der Waals surface area contributed by atoms with E-state index in [-0.39, 0.29) is 18.9 Å². The maximum Gasteiger partial charge on any atom is 0.222 e. The fraction of sp³-hybridized carbons (Fsp3) is 0.562. The van der Waals surface area contributed by atoms with E-state index in [1.807, 2.05) is 31.2 Å². The zero-order valence-corrected chi connectivity index (χ0v) is 11.9. The third-order valence-corrected chi connectivity index (χ3v) is 4.06. The first kappa shape index (κ1) is 15.0. The van der Waals surface area contributed by atoms with Gasteiger partial charge in [-0.1, -0.05) is 37.1 Å². The highest BCUT2D eigenvalue weighted by Crippen LogP contribution is 2.32. The lowest BCUT2D eigenvalue weighted by molar-refractivity contribution is -0.126. The second-order valence-electron chi connectivity index (χ2n) is 5.78. The van der Waals surface area contributed by atoms with Crippen molar-refractivity contribution in [3.8, 4) is 0 Å². The quantitative estimate of drug-likeness (QED) is 0.769. The lowest BCUT2D eigenvalue weighted by Gasteiger charge is -2.22. The lowest BCUT2D eigenvalue weighted by Crippen LogP contribution is -2.36. The Morgan fingerprint density at radius 3 is 2.65 bits per heavy atom. The minimum atomic E-state index is -0.836. The molecule has 0 saturated heterocycles. The van der Waals surface area contributed by atoms with Crippen LogP contribution >= 0.6 is 0 Å². The summed E-state index contributed by atoms with van der Waals surface area (Å²) in [6.07, 6.45) is 2.78. The van der Waals surface area contributed by atoms with E-state index in [1.54, 1.807) is 0 Å². The van der Waals surface area contributed by atoms with Crippen LogP contribution in [0.4, 0.5) is 0 Å². The van der Waals surface area contributed by atoms with Crippen LogP contribution in [-0.4, -0.2) is 28.3 Å². The highest BCUT2D eigenvalue weighted by molar-refractivity contribution is 5.77. The molecule has 0 aromatic heterocycles. The van der Waals surface area contributed by atoms with Crippen LogP contribution in [0.3, 0.4) is 0 Å². The standard InChI is InChI=1S/C16H23NO3/c1-12-6-2-3-7-13(12)14(18)11-17-15(19)10-16(20)8-4-5-9-16/h2-3,6-7,14,18,20H,4-5,8-11H2,1H3,(H,17,19)/t14-/m0/s1. The molecule has 0 unspecified atom stereocenters. The van der Waals surface area contributed by atoms with Gasteiger partial charge in [-0.3, -0.25) is 4.79 Å². The number of aliphatic hydroxyl groups excluding tert-OH is 1. The molecular weight excluding hydrogens is 254 g/mol. The van der Waals surface area contributed by atoms with Crippen LogP contribution in [0.1, 0.15) is 49.3 Å². The molecule has 1 amide bonds. The van der Waals surface area contributed by atoms with Gasteiger partial charge in [-0.2, -0.15) is 0 Å². The van der Waals surface area contributed by atoms with Crippen molar-refractivity contribution in [2.24, 2.45) is 0 Å². The molecule has 0 bridgehead atoms. The Bertz CT molecular complexity index is 467. The van der Waals surface area contributed by atoms with Crippen molar-refractivity contribution in [2.45, 2.75) is 50.7 Å². The van der Waals surface area contributed by atoms with Gasteiger partial charge in [0.15, 0.2) is 0 Å². The van der Waals surface area contributed by atoms with E-state index in [2.05, 4.69) is 5.32 Å². The fourth-order valence-corrected chi connectivity index (χ4v) is 2.85. The van der Waals surface area contributed by atoms with Gasteiger partial charge in [-0.15, -0.1) is 0 Å². The Morgan fingerprint density at radius 1 is 1.35 bits per heavy atom. The van der Waals surface area contributed by atoms with E-state index in [0.717, 1.165) is 24.0 Å². The first-order chi connectivity index (χ1) is 9.50. The summed E-state index contributed by atoms with van der Waals surface area (Å²) >= 11 is 0. The minimum absolute atomic E-state index is 0.132. The number of hydrogen-bond donors (Lipinski definition) is 3.